The van der Waals surface area contributed by atoms with Gasteiger partial charge >= 0.3 is 18.1 Å². The van der Waals surface area contributed by atoms with Gasteiger partial charge in [-0.3, -0.25) is 10.1 Å². The number of carbonyl (C=O) groups is 2. The van der Waals surface area contributed by atoms with Crippen LogP contribution in [0, 0.1) is 10.1 Å². The summed E-state index contributed by atoms with van der Waals surface area (Å²) in [6.07, 6.45) is -1.69. The van der Waals surface area contributed by atoms with Crippen LogP contribution < -0.4 is 5.32 Å². The van der Waals surface area contributed by atoms with Crippen molar-refractivity contribution >= 4 is 17.6 Å². The number of benzene rings is 1. The first-order valence-electron chi connectivity index (χ1n) is 12.3. The summed E-state index contributed by atoms with van der Waals surface area (Å²) in [5.74, 6) is -2.24. The molecule has 1 heterocycles. The molecule has 0 radical (unpaired) electrons. The van der Waals surface area contributed by atoms with Gasteiger partial charge in [-0.05, 0) is 39.2 Å². The molecule has 0 aliphatic carbocycles. The van der Waals surface area contributed by atoms with Gasteiger partial charge in [0.05, 0.1) is 35.2 Å². The molecule has 2 rings (SSSR count). The number of non-ortho nitro benzene ring substituents is 1. The monoisotopic (exact) mass is 526 g/mol. The lowest BCUT2D eigenvalue weighted by atomic mass is 9.80. The van der Waals surface area contributed by atoms with E-state index in [2.05, 4.69) is 5.32 Å². The highest BCUT2D eigenvalue weighted by molar-refractivity contribution is 5.99. The van der Waals surface area contributed by atoms with Crippen molar-refractivity contribution in [3.63, 3.8) is 0 Å². The van der Waals surface area contributed by atoms with E-state index < -0.39 is 35.4 Å². The van der Waals surface area contributed by atoms with Crippen LogP contribution in [0.25, 0.3) is 0 Å². The van der Waals surface area contributed by atoms with Crippen molar-refractivity contribution in [3.05, 3.63) is 62.5 Å². The van der Waals surface area contributed by atoms with Crippen LogP contribution in [0.3, 0.4) is 0 Å². The molecule has 1 aromatic carbocycles. The van der Waals surface area contributed by atoms with E-state index in [1.165, 1.54) is 18.2 Å². The molecule has 8 nitrogen and oxygen atoms in total. The lowest BCUT2D eigenvalue weighted by molar-refractivity contribution is -0.384. The van der Waals surface area contributed by atoms with Crippen LogP contribution in [-0.2, 0) is 19.1 Å². The summed E-state index contributed by atoms with van der Waals surface area (Å²) in [4.78, 5) is 36.8. The zero-order valence-electron chi connectivity index (χ0n) is 21.3. The topological polar surface area (TPSA) is 108 Å². The number of alkyl halides is 3. The second kappa shape index (κ2) is 13.8. The smallest absolute Gasteiger partial charge is 0.389 e. The Morgan fingerprint density at radius 2 is 1.54 bits per heavy atom. The van der Waals surface area contributed by atoms with Crippen LogP contribution >= 0.6 is 0 Å². The summed E-state index contributed by atoms with van der Waals surface area (Å²) in [5, 5.41) is 14.4. The summed E-state index contributed by atoms with van der Waals surface area (Å²) >= 11 is 0. The largest absolute Gasteiger partial charge is 0.463 e. The van der Waals surface area contributed by atoms with Gasteiger partial charge in [0.25, 0.3) is 5.69 Å². The summed E-state index contributed by atoms with van der Waals surface area (Å²) in [5.41, 5.74) is 1.44. The van der Waals surface area contributed by atoms with E-state index in [4.69, 9.17) is 9.47 Å². The molecule has 0 amide bonds. The number of rotatable bonds is 13. The van der Waals surface area contributed by atoms with Crippen LogP contribution in [0.15, 0.2) is 46.8 Å². The zero-order chi connectivity index (χ0) is 27.6. The third-order valence-corrected chi connectivity index (χ3v) is 5.98. The summed E-state index contributed by atoms with van der Waals surface area (Å²) in [6, 6.07) is 5.74. The van der Waals surface area contributed by atoms with Crippen LogP contribution in [-0.4, -0.2) is 36.3 Å². The number of ether oxygens (including phenoxy) is 2. The molecule has 11 heteroatoms. The molecule has 1 N–H and O–H groups in total. The van der Waals surface area contributed by atoms with Gasteiger partial charge in [0.15, 0.2) is 0 Å². The van der Waals surface area contributed by atoms with Crippen LogP contribution in [0.1, 0.15) is 77.2 Å². The van der Waals surface area contributed by atoms with Gasteiger partial charge in [-0.1, -0.05) is 37.8 Å². The molecule has 0 spiro atoms. The molecule has 1 atom stereocenters. The lowest BCUT2D eigenvalue weighted by Gasteiger charge is -2.30. The highest BCUT2D eigenvalue weighted by atomic mass is 19.4. The van der Waals surface area contributed by atoms with Crippen molar-refractivity contribution in [3.8, 4) is 0 Å². The van der Waals surface area contributed by atoms with Crippen molar-refractivity contribution in [1.29, 1.82) is 0 Å². The Labute approximate surface area is 214 Å². The Hall–Kier alpha value is -3.37. The van der Waals surface area contributed by atoms with Crippen molar-refractivity contribution in [2.45, 2.75) is 77.8 Å². The van der Waals surface area contributed by atoms with Gasteiger partial charge in [0.2, 0.25) is 0 Å². The minimum atomic E-state index is -4.13. The first-order valence-corrected chi connectivity index (χ1v) is 12.3. The van der Waals surface area contributed by atoms with Crippen LogP contribution in [0.2, 0.25) is 0 Å². The van der Waals surface area contributed by atoms with Gasteiger partial charge in [0, 0.05) is 29.9 Å². The maximum absolute atomic E-state index is 13.2. The number of nitrogens with zero attached hydrogens (tertiary/aromatic N) is 1. The molecule has 204 valence electrons. The average molecular weight is 527 g/mol. The standard InChI is InChI=1S/C26H33F3N2O6/c1-4-36-24(32)21-17(2)30-18(3)22(23(21)19-12-11-13-20(16-19)31(34)35)25(33)37-15-10-8-6-5-7-9-14-26(27,28)29/h11-13,16,23,30H,4-10,14-15H2,1-3H3. The van der Waals surface area contributed by atoms with E-state index in [0.717, 1.165) is 6.42 Å². The first-order chi connectivity index (χ1) is 17.5. The quantitative estimate of drug-likeness (QED) is 0.141. The fourth-order valence-electron chi connectivity index (χ4n) is 4.27. The number of esters is 2. The van der Waals surface area contributed by atoms with Crippen molar-refractivity contribution < 1.29 is 37.2 Å². The molecule has 37 heavy (non-hydrogen) atoms. The van der Waals surface area contributed by atoms with E-state index in [1.807, 2.05) is 0 Å². The number of unbranched alkanes of at least 4 members (excludes halogenated alkanes) is 5. The average Bonchev–Trinajstić information content (AvgIpc) is 2.81. The number of allylic oxidation sites excluding steroid dienone is 2. The van der Waals surface area contributed by atoms with E-state index in [-0.39, 0.29) is 36.5 Å². The van der Waals surface area contributed by atoms with Crippen molar-refractivity contribution in [2.75, 3.05) is 13.2 Å². The highest BCUT2D eigenvalue weighted by Crippen LogP contribution is 2.40. The van der Waals surface area contributed by atoms with E-state index in [0.29, 0.717) is 42.6 Å². The van der Waals surface area contributed by atoms with E-state index >= 15 is 0 Å². The lowest BCUT2D eigenvalue weighted by Crippen LogP contribution is -2.32. The Balaban J connectivity index is 2.11. The molecular weight excluding hydrogens is 493 g/mol. The highest BCUT2D eigenvalue weighted by Gasteiger charge is 2.38. The number of dihydropyridines is 1. The molecule has 1 aromatic rings. The van der Waals surface area contributed by atoms with Gasteiger partial charge < -0.3 is 14.8 Å². The first kappa shape index (κ1) is 29.9. The van der Waals surface area contributed by atoms with Gasteiger partial charge in [-0.25, -0.2) is 9.59 Å². The number of nitro groups is 1. The Morgan fingerprint density at radius 1 is 0.973 bits per heavy atom. The molecule has 1 unspecified atom stereocenters. The second-order valence-electron chi connectivity index (χ2n) is 8.83. The Morgan fingerprint density at radius 3 is 2.11 bits per heavy atom. The number of nitro benzene ring substituents is 1. The number of hydrogen-bond donors (Lipinski definition) is 1. The van der Waals surface area contributed by atoms with Crippen molar-refractivity contribution in [1.82, 2.24) is 5.32 Å². The van der Waals surface area contributed by atoms with Crippen molar-refractivity contribution in [2.24, 2.45) is 0 Å². The predicted octanol–water partition coefficient (Wildman–Crippen LogP) is 6.23. The van der Waals surface area contributed by atoms with Gasteiger partial charge in [-0.2, -0.15) is 13.2 Å². The summed E-state index contributed by atoms with van der Waals surface area (Å²) < 4.78 is 47.3. The number of halogens is 3. The maximum atomic E-state index is 13.2. The van der Waals surface area contributed by atoms with Crippen LogP contribution in [0.5, 0.6) is 0 Å². The van der Waals surface area contributed by atoms with E-state index in [1.54, 1.807) is 26.8 Å². The molecule has 0 aromatic heterocycles. The van der Waals surface area contributed by atoms with Gasteiger partial charge in [0.1, 0.15) is 0 Å². The molecule has 0 saturated carbocycles. The van der Waals surface area contributed by atoms with Crippen LogP contribution in [0.4, 0.5) is 18.9 Å². The predicted molar refractivity (Wildman–Crippen MR) is 130 cm³/mol. The summed E-state index contributed by atoms with van der Waals surface area (Å²) in [7, 11) is 0. The van der Waals surface area contributed by atoms with E-state index in [9.17, 15) is 32.9 Å². The molecule has 0 fully saturated rings. The minimum absolute atomic E-state index is 0.0945. The Bertz CT molecular complexity index is 1050. The third-order valence-electron chi connectivity index (χ3n) is 5.98. The number of carbonyl (C=O) groups excluding carboxylic acids is 2. The van der Waals surface area contributed by atoms with Gasteiger partial charge in [-0.15, -0.1) is 0 Å². The normalized spacial score (nSPS) is 15.9. The minimum Gasteiger partial charge on any atom is -0.463 e. The Kier molecular flexibility index (Phi) is 11.1. The maximum Gasteiger partial charge on any atom is 0.389 e. The SMILES string of the molecule is CCOC(=O)C1=C(C)NC(C)=C(C(=O)OCCCCCCCCC(F)(F)F)C1c1cccc([N+](=O)[O-])c1. The fraction of sp³-hybridized carbons (Fsp3) is 0.538. The number of nitrogens with one attached hydrogen (secondary N) is 1. The molecule has 0 bridgehead atoms. The second-order valence-corrected chi connectivity index (χ2v) is 8.83. The molecular formula is C26H33F3N2O6. The molecule has 1 aliphatic heterocycles. The summed E-state index contributed by atoms with van der Waals surface area (Å²) in [6.45, 7) is 5.18. The molecule has 0 saturated heterocycles. The fourth-order valence-corrected chi connectivity index (χ4v) is 4.27. The third kappa shape index (κ3) is 8.91. The molecule has 1 aliphatic rings. The zero-order valence-corrected chi connectivity index (χ0v) is 21.3. The number of hydrogen-bond acceptors (Lipinski definition) is 7.